The Hall–Kier alpha value is -0.860. The minimum absolute atomic E-state index is 0.0689. The molecule has 3 atom stereocenters. The van der Waals surface area contributed by atoms with Gasteiger partial charge in [-0.1, -0.05) is 52.0 Å². The van der Waals surface area contributed by atoms with Crippen molar-refractivity contribution in [3.05, 3.63) is 35.4 Å². The first-order chi connectivity index (χ1) is 8.45. The zero-order valence-electron chi connectivity index (χ0n) is 12.3. The number of hydrogen-bond acceptors (Lipinski definition) is 2. The molecule has 3 unspecified atom stereocenters. The van der Waals surface area contributed by atoms with Crippen molar-refractivity contribution in [2.24, 2.45) is 0 Å². The van der Waals surface area contributed by atoms with Gasteiger partial charge in [-0.05, 0) is 30.4 Å². The number of hydrogen-bond donors (Lipinski definition) is 2. The summed E-state index contributed by atoms with van der Waals surface area (Å²) in [7, 11) is 0. The van der Waals surface area contributed by atoms with Crippen molar-refractivity contribution in [1.29, 1.82) is 0 Å². The summed E-state index contributed by atoms with van der Waals surface area (Å²) < 4.78 is 0. The first-order valence-corrected chi connectivity index (χ1v) is 6.99. The third-order valence-corrected chi connectivity index (χ3v) is 3.53. The van der Waals surface area contributed by atoms with Crippen LogP contribution in [0.2, 0.25) is 0 Å². The lowest BCUT2D eigenvalue weighted by atomic mass is 9.95. The van der Waals surface area contributed by atoms with Gasteiger partial charge in [-0.25, -0.2) is 0 Å². The molecule has 0 bridgehead atoms. The van der Waals surface area contributed by atoms with Gasteiger partial charge in [0.1, 0.15) is 0 Å². The van der Waals surface area contributed by atoms with Gasteiger partial charge >= 0.3 is 0 Å². The van der Waals surface area contributed by atoms with Gasteiger partial charge in [0.2, 0.25) is 0 Å². The lowest BCUT2D eigenvalue weighted by molar-refractivity contribution is 0.132. The predicted octanol–water partition coefficient (Wildman–Crippen LogP) is 3.62. The molecule has 0 saturated carbocycles. The summed E-state index contributed by atoms with van der Waals surface area (Å²) in [5, 5.41) is 13.6. The Morgan fingerprint density at radius 2 is 1.50 bits per heavy atom. The molecule has 0 saturated heterocycles. The molecule has 0 heterocycles. The van der Waals surface area contributed by atoms with E-state index in [-0.39, 0.29) is 6.04 Å². The fourth-order valence-corrected chi connectivity index (χ4v) is 2.16. The Labute approximate surface area is 111 Å². The maximum atomic E-state index is 10.3. The van der Waals surface area contributed by atoms with E-state index in [0.717, 1.165) is 12.0 Å². The van der Waals surface area contributed by atoms with Crippen LogP contribution in [-0.4, -0.2) is 17.2 Å². The van der Waals surface area contributed by atoms with Crippen LogP contribution in [-0.2, 0) is 0 Å². The highest BCUT2D eigenvalue weighted by atomic mass is 16.3. The molecule has 102 valence electrons. The maximum Gasteiger partial charge on any atom is 0.0940 e. The van der Waals surface area contributed by atoms with Gasteiger partial charge < -0.3 is 10.4 Å². The van der Waals surface area contributed by atoms with Gasteiger partial charge in [-0.15, -0.1) is 0 Å². The topological polar surface area (TPSA) is 32.3 Å². The van der Waals surface area contributed by atoms with E-state index in [0.29, 0.717) is 12.0 Å². The third-order valence-electron chi connectivity index (χ3n) is 3.53. The molecule has 2 N–H and O–H groups in total. The van der Waals surface area contributed by atoms with Crippen molar-refractivity contribution in [1.82, 2.24) is 5.32 Å². The Morgan fingerprint density at radius 3 is 1.94 bits per heavy atom. The number of benzene rings is 1. The standard InChI is InChI=1S/C16H27NO/c1-6-12(4)14-7-9-15(10-8-14)16(18)13(5)17-11(2)3/h7-13,16-18H,6H2,1-5H3. The second-order valence-corrected chi connectivity index (χ2v) is 5.53. The molecule has 1 aromatic rings. The Bertz CT molecular complexity index is 345. The number of aliphatic hydroxyl groups is 1. The second kappa shape index (κ2) is 6.91. The summed E-state index contributed by atoms with van der Waals surface area (Å²) in [4.78, 5) is 0. The van der Waals surface area contributed by atoms with Crippen molar-refractivity contribution in [2.75, 3.05) is 0 Å². The quantitative estimate of drug-likeness (QED) is 0.807. The van der Waals surface area contributed by atoms with E-state index in [9.17, 15) is 5.11 Å². The summed E-state index contributed by atoms with van der Waals surface area (Å²) in [6.07, 6.45) is 0.700. The van der Waals surface area contributed by atoms with Gasteiger partial charge in [0, 0.05) is 12.1 Å². The van der Waals surface area contributed by atoms with E-state index < -0.39 is 6.10 Å². The number of nitrogens with one attached hydrogen (secondary N) is 1. The first-order valence-electron chi connectivity index (χ1n) is 6.99. The van der Waals surface area contributed by atoms with Crippen LogP contribution in [0.25, 0.3) is 0 Å². The number of aliphatic hydroxyl groups excluding tert-OH is 1. The van der Waals surface area contributed by atoms with Gasteiger partial charge in [0.25, 0.3) is 0 Å². The minimum Gasteiger partial charge on any atom is -0.387 e. The highest BCUT2D eigenvalue weighted by Crippen LogP contribution is 2.22. The van der Waals surface area contributed by atoms with Crippen LogP contribution in [0.4, 0.5) is 0 Å². The molecule has 0 amide bonds. The molecule has 2 nitrogen and oxygen atoms in total. The minimum atomic E-state index is -0.446. The van der Waals surface area contributed by atoms with Crippen LogP contribution in [0.15, 0.2) is 24.3 Å². The molecule has 18 heavy (non-hydrogen) atoms. The molecule has 0 aromatic heterocycles. The zero-order valence-corrected chi connectivity index (χ0v) is 12.3. The van der Waals surface area contributed by atoms with Crippen molar-refractivity contribution >= 4 is 0 Å². The molecule has 0 aliphatic carbocycles. The Balaban J connectivity index is 2.72. The molecule has 0 radical (unpaired) electrons. The summed E-state index contributed by atoms with van der Waals surface area (Å²) in [6, 6.07) is 8.81. The second-order valence-electron chi connectivity index (χ2n) is 5.53. The van der Waals surface area contributed by atoms with E-state index in [4.69, 9.17) is 0 Å². The molecule has 0 fully saturated rings. The SMILES string of the molecule is CCC(C)c1ccc(C(O)C(C)NC(C)C)cc1. The van der Waals surface area contributed by atoms with Crippen molar-refractivity contribution in [3.63, 3.8) is 0 Å². The number of rotatable bonds is 6. The molecule has 1 rings (SSSR count). The van der Waals surface area contributed by atoms with Crippen LogP contribution in [0.1, 0.15) is 64.2 Å². The fourth-order valence-electron chi connectivity index (χ4n) is 2.16. The monoisotopic (exact) mass is 249 g/mol. The Morgan fingerprint density at radius 1 is 1.00 bits per heavy atom. The first kappa shape index (κ1) is 15.2. The van der Waals surface area contributed by atoms with Gasteiger partial charge in [-0.3, -0.25) is 0 Å². The van der Waals surface area contributed by atoms with E-state index in [1.165, 1.54) is 5.56 Å². The average molecular weight is 249 g/mol. The van der Waals surface area contributed by atoms with Crippen molar-refractivity contribution < 1.29 is 5.11 Å². The van der Waals surface area contributed by atoms with Crippen LogP contribution >= 0.6 is 0 Å². The van der Waals surface area contributed by atoms with Gasteiger partial charge in [0.15, 0.2) is 0 Å². The smallest absolute Gasteiger partial charge is 0.0940 e. The summed E-state index contributed by atoms with van der Waals surface area (Å²) in [6.45, 7) is 10.6. The van der Waals surface area contributed by atoms with Crippen LogP contribution in [0, 0.1) is 0 Å². The lowest BCUT2D eigenvalue weighted by Crippen LogP contribution is -2.36. The maximum absolute atomic E-state index is 10.3. The highest BCUT2D eigenvalue weighted by molar-refractivity contribution is 5.27. The summed E-state index contributed by atoms with van der Waals surface area (Å²) in [5.74, 6) is 0.586. The largest absolute Gasteiger partial charge is 0.387 e. The summed E-state index contributed by atoms with van der Waals surface area (Å²) >= 11 is 0. The van der Waals surface area contributed by atoms with Crippen molar-refractivity contribution in [2.45, 2.75) is 65.1 Å². The molecule has 0 aliphatic rings. The van der Waals surface area contributed by atoms with E-state index in [1.54, 1.807) is 0 Å². The van der Waals surface area contributed by atoms with Gasteiger partial charge in [0.05, 0.1) is 6.10 Å². The molecule has 2 heteroatoms. The highest BCUT2D eigenvalue weighted by Gasteiger charge is 2.16. The molecule has 1 aromatic carbocycles. The zero-order chi connectivity index (χ0) is 13.7. The summed E-state index contributed by atoms with van der Waals surface area (Å²) in [5.41, 5.74) is 2.33. The predicted molar refractivity (Wildman–Crippen MR) is 77.8 cm³/mol. The van der Waals surface area contributed by atoms with Crippen LogP contribution in [0.5, 0.6) is 0 Å². The normalized spacial score (nSPS) is 16.6. The van der Waals surface area contributed by atoms with E-state index >= 15 is 0 Å². The third kappa shape index (κ3) is 4.11. The van der Waals surface area contributed by atoms with Crippen molar-refractivity contribution in [3.8, 4) is 0 Å². The molecular weight excluding hydrogens is 222 g/mol. The van der Waals surface area contributed by atoms with Gasteiger partial charge in [-0.2, -0.15) is 0 Å². The van der Waals surface area contributed by atoms with E-state index in [2.05, 4.69) is 45.1 Å². The average Bonchev–Trinajstić information content (AvgIpc) is 2.36. The fraction of sp³-hybridized carbons (Fsp3) is 0.625. The van der Waals surface area contributed by atoms with Crippen LogP contribution < -0.4 is 5.32 Å². The molecule has 0 spiro atoms. The molecule has 0 aliphatic heterocycles. The lowest BCUT2D eigenvalue weighted by Gasteiger charge is -2.23. The van der Waals surface area contributed by atoms with E-state index in [1.807, 2.05) is 19.1 Å². The van der Waals surface area contributed by atoms with Crippen LogP contribution in [0.3, 0.4) is 0 Å². The molecular formula is C16H27NO. The Kier molecular flexibility index (Phi) is 5.83.